The van der Waals surface area contributed by atoms with E-state index < -0.39 is 23.4 Å². The molecule has 24 heavy (non-hydrogen) atoms. The number of hydrogen-bond donors (Lipinski definition) is 2. The molecule has 0 aliphatic heterocycles. The van der Waals surface area contributed by atoms with Crippen LogP contribution in [0.25, 0.3) is 11.3 Å². The normalized spacial score (nSPS) is 10.7. The van der Waals surface area contributed by atoms with Gasteiger partial charge in [0.1, 0.15) is 23.1 Å². The van der Waals surface area contributed by atoms with Gasteiger partial charge in [-0.05, 0) is 31.2 Å². The fourth-order valence-corrected chi connectivity index (χ4v) is 2.30. The number of H-pyrrole nitrogens is 1. The standard InChI is InChI=1S/C17H12F3N3O/c1-9-15(16(23-22-9)10-3-2-4-12(18)5-10)21-17(24)11-6-13(19)8-14(20)7-11/h2-8H,1H3,(H,21,24)(H,22,23). The minimum Gasteiger partial charge on any atom is -0.319 e. The number of nitrogens with one attached hydrogen (secondary N) is 2. The van der Waals surface area contributed by atoms with Crippen LogP contribution in [0.4, 0.5) is 18.9 Å². The van der Waals surface area contributed by atoms with E-state index in [0.29, 0.717) is 28.7 Å². The molecule has 2 N–H and O–H groups in total. The predicted molar refractivity (Wildman–Crippen MR) is 83.0 cm³/mol. The van der Waals surface area contributed by atoms with Gasteiger partial charge in [-0.25, -0.2) is 13.2 Å². The van der Waals surface area contributed by atoms with Crippen molar-refractivity contribution in [2.75, 3.05) is 5.32 Å². The first-order valence-corrected chi connectivity index (χ1v) is 7.02. The molecule has 0 saturated heterocycles. The van der Waals surface area contributed by atoms with Crippen molar-refractivity contribution in [2.45, 2.75) is 6.92 Å². The van der Waals surface area contributed by atoms with E-state index >= 15 is 0 Å². The number of rotatable bonds is 3. The zero-order valence-electron chi connectivity index (χ0n) is 12.5. The summed E-state index contributed by atoms with van der Waals surface area (Å²) in [5.74, 6) is -2.85. The molecule has 1 amide bonds. The number of anilines is 1. The highest BCUT2D eigenvalue weighted by Crippen LogP contribution is 2.29. The number of hydrogen-bond acceptors (Lipinski definition) is 2. The smallest absolute Gasteiger partial charge is 0.255 e. The third-order valence-electron chi connectivity index (χ3n) is 3.41. The fraction of sp³-hybridized carbons (Fsp3) is 0.0588. The van der Waals surface area contributed by atoms with E-state index in [1.165, 1.54) is 18.2 Å². The van der Waals surface area contributed by atoms with Gasteiger partial charge in [0.25, 0.3) is 5.91 Å². The molecule has 4 nitrogen and oxygen atoms in total. The molecule has 122 valence electrons. The Morgan fingerprint density at radius 2 is 1.75 bits per heavy atom. The van der Waals surface area contributed by atoms with Crippen LogP contribution in [0.2, 0.25) is 0 Å². The Kier molecular flexibility index (Phi) is 4.07. The number of carbonyl (C=O) groups excluding carboxylic acids is 1. The second-order valence-electron chi connectivity index (χ2n) is 5.19. The first kappa shape index (κ1) is 15.8. The predicted octanol–water partition coefficient (Wildman–Crippen LogP) is 4.05. The Balaban J connectivity index is 1.96. The Morgan fingerprint density at radius 3 is 2.42 bits per heavy atom. The summed E-state index contributed by atoms with van der Waals surface area (Å²) in [5.41, 5.74) is 1.46. The molecule has 7 heteroatoms. The first-order chi connectivity index (χ1) is 11.4. The molecule has 1 aromatic heterocycles. The van der Waals surface area contributed by atoms with Gasteiger partial charge in [-0.1, -0.05) is 12.1 Å². The van der Waals surface area contributed by atoms with Gasteiger partial charge in [-0.3, -0.25) is 9.89 Å². The Hall–Kier alpha value is -3.09. The molecule has 0 saturated carbocycles. The van der Waals surface area contributed by atoms with Crippen molar-refractivity contribution in [3.8, 4) is 11.3 Å². The van der Waals surface area contributed by atoms with E-state index in [0.717, 1.165) is 12.1 Å². The second kappa shape index (κ2) is 6.19. The zero-order valence-corrected chi connectivity index (χ0v) is 12.5. The van der Waals surface area contributed by atoms with Gasteiger partial charge in [0, 0.05) is 17.2 Å². The van der Waals surface area contributed by atoms with Crippen LogP contribution in [-0.2, 0) is 0 Å². The summed E-state index contributed by atoms with van der Waals surface area (Å²) in [5, 5.41) is 9.31. The molecule has 0 spiro atoms. The molecule has 3 aromatic rings. The zero-order chi connectivity index (χ0) is 17.3. The van der Waals surface area contributed by atoms with Gasteiger partial charge >= 0.3 is 0 Å². The molecular weight excluding hydrogens is 319 g/mol. The van der Waals surface area contributed by atoms with Crippen molar-refractivity contribution in [2.24, 2.45) is 0 Å². The molecule has 0 aliphatic carbocycles. The van der Waals surface area contributed by atoms with Crippen LogP contribution in [0.15, 0.2) is 42.5 Å². The number of aromatic amines is 1. The number of halogens is 3. The van der Waals surface area contributed by atoms with Crippen molar-refractivity contribution >= 4 is 11.6 Å². The van der Waals surface area contributed by atoms with Crippen LogP contribution in [-0.4, -0.2) is 16.1 Å². The van der Waals surface area contributed by atoms with Gasteiger partial charge in [-0.2, -0.15) is 5.10 Å². The third kappa shape index (κ3) is 3.15. The molecule has 0 fully saturated rings. The number of amides is 1. The van der Waals surface area contributed by atoms with E-state index in [-0.39, 0.29) is 5.56 Å². The van der Waals surface area contributed by atoms with Gasteiger partial charge < -0.3 is 5.32 Å². The number of aromatic nitrogens is 2. The van der Waals surface area contributed by atoms with Crippen LogP contribution in [0, 0.1) is 24.4 Å². The molecule has 0 atom stereocenters. The van der Waals surface area contributed by atoms with Gasteiger partial charge in [0.05, 0.1) is 11.4 Å². The van der Waals surface area contributed by atoms with Crippen LogP contribution in [0.3, 0.4) is 0 Å². The quantitative estimate of drug-likeness (QED) is 0.760. The van der Waals surface area contributed by atoms with Gasteiger partial charge in [0.15, 0.2) is 0 Å². The van der Waals surface area contributed by atoms with E-state index in [2.05, 4.69) is 15.5 Å². The summed E-state index contributed by atoms with van der Waals surface area (Å²) in [6.45, 7) is 1.66. The third-order valence-corrected chi connectivity index (χ3v) is 3.41. The van der Waals surface area contributed by atoms with Gasteiger partial charge in [-0.15, -0.1) is 0 Å². The highest BCUT2D eigenvalue weighted by Gasteiger charge is 2.17. The largest absolute Gasteiger partial charge is 0.319 e. The summed E-state index contributed by atoms with van der Waals surface area (Å²) in [6, 6.07) is 8.24. The molecule has 0 bridgehead atoms. The molecule has 0 aliphatic rings. The maximum atomic E-state index is 13.4. The summed E-state index contributed by atoms with van der Waals surface area (Å²) in [7, 11) is 0. The molecule has 0 radical (unpaired) electrons. The second-order valence-corrected chi connectivity index (χ2v) is 5.19. The SMILES string of the molecule is Cc1[nH]nc(-c2cccc(F)c2)c1NC(=O)c1cc(F)cc(F)c1. The van der Waals surface area contributed by atoms with Crippen molar-refractivity contribution in [1.29, 1.82) is 0 Å². The van der Waals surface area contributed by atoms with Crippen molar-refractivity contribution in [3.05, 3.63) is 71.2 Å². The van der Waals surface area contributed by atoms with E-state index in [1.807, 2.05) is 0 Å². The maximum Gasteiger partial charge on any atom is 0.255 e. The average molecular weight is 331 g/mol. The van der Waals surface area contributed by atoms with Gasteiger partial charge in [0.2, 0.25) is 0 Å². The van der Waals surface area contributed by atoms with Crippen molar-refractivity contribution < 1.29 is 18.0 Å². The lowest BCUT2D eigenvalue weighted by atomic mass is 10.1. The molecule has 1 heterocycles. The Morgan fingerprint density at radius 1 is 1.04 bits per heavy atom. The minimum absolute atomic E-state index is 0.168. The summed E-state index contributed by atoms with van der Waals surface area (Å²) in [4.78, 5) is 12.3. The molecule has 3 rings (SSSR count). The molecule has 2 aromatic carbocycles. The van der Waals surface area contributed by atoms with Crippen LogP contribution >= 0.6 is 0 Å². The number of aryl methyl sites for hydroxylation is 1. The van der Waals surface area contributed by atoms with E-state index in [4.69, 9.17) is 0 Å². The number of nitrogens with zero attached hydrogens (tertiary/aromatic N) is 1. The summed E-state index contributed by atoms with van der Waals surface area (Å²) >= 11 is 0. The van der Waals surface area contributed by atoms with E-state index in [9.17, 15) is 18.0 Å². The number of carbonyl (C=O) groups is 1. The number of benzene rings is 2. The van der Waals surface area contributed by atoms with Crippen LogP contribution in [0.1, 0.15) is 16.1 Å². The lowest BCUT2D eigenvalue weighted by Gasteiger charge is -2.08. The van der Waals surface area contributed by atoms with E-state index in [1.54, 1.807) is 13.0 Å². The topological polar surface area (TPSA) is 57.8 Å². The summed E-state index contributed by atoms with van der Waals surface area (Å²) in [6.07, 6.45) is 0. The van der Waals surface area contributed by atoms with Crippen LogP contribution < -0.4 is 5.32 Å². The Bertz CT molecular complexity index is 901. The van der Waals surface area contributed by atoms with Crippen molar-refractivity contribution in [3.63, 3.8) is 0 Å². The lowest BCUT2D eigenvalue weighted by Crippen LogP contribution is -2.13. The summed E-state index contributed by atoms with van der Waals surface area (Å²) < 4.78 is 39.9. The maximum absolute atomic E-state index is 13.4. The molecule has 0 unspecified atom stereocenters. The van der Waals surface area contributed by atoms with Crippen LogP contribution in [0.5, 0.6) is 0 Å². The van der Waals surface area contributed by atoms with Crippen molar-refractivity contribution in [1.82, 2.24) is 10.2 Å². The lowest BCUT2D eigenvalue weighted by molar-refractivity contribution is 0.102. The minimum atomic E-state index is -0.852. The fourth-order valence-electron chi connectivity index (χ4n) is 2.30. The average Bonchev–Trinajstić information content (AvgIpc) is 2.87. The Labute approximate surface area is 135 Å². The first-order valence-electron chi connectivity index (χ1n) is 7.02. The molecular formula is C17H12F3N3O. The highest BCUT2D eigenvalue weighted by molar-refractivity contribution is 6.06. The highest BCUT2D eigenvalue weighted by atomic mass is 19.1. The monoisotopic (exact) mass is 331 g/mol.